The Morgan fingerprint density at radius 1 is 1.47 bits per heavy atom. The molecule has 0 radical (unpaired) electrons. The Morgan fingerprint density at radius 2 is 2.29 bits per heavy atom. The molecule has 2 aromatic rings. The van der Waals surface area contributed by atoms with Crippen molar-refractivity contribution in [2.24, 2.45) is 4.99 Å². The first-order valence-corrected chi connectivity index (χ1v) is 5.37. The maximum Gasteiger partial charge on any atom is 0.228 e. The zero-order valence-electron chi connectivity index (χ0n) is 9.97. The van der Waals surface area contributed by atoms with Crippen molar-refractivity contribution in [1.82, 2.24) is 4.98 Å². The van der Waals surface area contributed by atoms with Gasteiger partial charge in [0, 0.05) is 13.3 Å². The molecule has 86 valence electrons. The van der Waals surface area contributed by atoms with Gasteiger partial charge in [-0.3, -0.25) is 4.99 Å². The van der Waals surface area contributed by atoms with Gasteiger partial charge in [-0.25, -0.2) is 4.98 Å². The molecule has 0 aliphatic carbocycles. The van der Waals surface area contributed by atoms with Crippen molar-refractivity contribution < 1.29 is 4.42 Å². The molecule has 17 heavy (non-hydrogen) atoms. The molecule has 0 N–H and O–H groups in total. The van der Waals surface area contributed by atoms with Crippen molar-refractivity contribution in [2.75, 3.05) is 7.05 Å². The molecule has 0 aliphatic heterocycles. The van der Waals surface area contributed by atoms with E-state index in [1.807, 2.05) is 31.2 Å². The van der Waals surface area contributed by atoms with Crippen LogP contribution >= 0.6 is 0 Å². The zero-order chi connectivity index (χ0) is 12.3. The summed E-state index contributed by atoms with van der Waals surface area (Å²) in [5, 5.41) is 0. The van der Waals surface area contributed by atoms with Crippen LogP contribution in [-0.4, -0.2) is 18.2 Å². The lowest BCUT2D eigenvalue weighted by Gasteiger charge is -1.91. The highest BCUT2D eigenvalue weighted by Crippen LogP contribution is 2.21. The van der Waals surface area contributed by atoms with Crippen LogP contribution in [0.2, 0.25) is 0 Å². The van der Waals surface area contributed by atoms with Gasteiger partial charge in [0.15, 0.2) is 5.58 Å². The second kappa shape index (κ2) is 4.78. The number of aromatic nitrogens is 1. The van der Waals surface area contributed by atoms with Crippen molar-refractivity contribution in [3.05, 3.63) is 48.4 Å². The molecule has 0 atom stereocenters. The highest BCUT2D eigenvalue weighted by molar-refractivity contribution is 6.08. The molecule has 3 heteroatoms. The summed E-state index contributed by atoms with van der Waals surface area (Å²) in [6, 6.07) is 5.93. The van der Waals surface area contributed by atoms with E-state index in [-0.39, 0.29) is 0 Å². The van der Waals surface area contributed by atoms with Gasteiger partial charge in [0.2, 0.25) is 5.89 Å². The second-order valence-electron chi connectivity index (χ2n) is 3.74. The van der Waals surface area contributed by atoms with E-state index in [4.69, 9.17) is 4.42 Å². The van der Waals surface area contributed by atoms with Crippen LogP contribution < -0.4 is 0 Å². The van der Waals surface area contributed by atoms with Crippen molar-refractivity contribution in [1.29, 1.82) is 0 Å². The van der Waals surface area contributed by atoms with E-state index in [0.717, 1.165) is 22.2 Å². The molecule has 3 nitrogen and oxygen atoms in total. The highest BCUT2D eigenvalue weighted by Gasteiger charge is 2.08. The molecule has 1 aromatic heterocycles. The fourth-order valence-corrected chi connectivity index (χ4v) is 1.60. The summed E-state index contributed by atoms with van der Waals surface area (Å²) in [6.07, 6.45) is 5.22. The zero-order valence-corrected chi connectivity index (χ0v) is 9.97. The molecular formula is C14H14N2O. The molecule has 1 aromatic carbocycles. The third-order valence-corrected chi connectivity index (χ3v) is 2.36. The molecule has 2 rings (SSSR count). The molecular weight excluding hydrogens is 212 g/mol. The predicted octanol–water partition coefficient (Wildman–Crippen LogP) is 3.41. The van der Waals surface area contributed by atoms with Crippen LogP contribution in [-0.2, 0) is 0 Å². The molecule has 0 unspecified atom stereocenters. The molecule has 0 amide bonds. The van der Waals surface area contributed by atoms with Gasteiger partial charge >= 0.3 is 0 Å². The maximum atomic E-state index is 5.67. The van der Waals surface area contributed by atoms with E-state index < -0.39 is 0 Å². The standard InChI is InChI=1S/C14H14N2O/c1-4-5-11(9-15-3)14-16-12-8-10(2)6-7-13(12)17-14/h4-9H,1H2,2-3H3/b11-5+,15-9?. The third kappa shape index (κ3) is 2.33. The topological polar surface area (TPSA) is 38.4 Å². The van der Waals surface area contributed by atoms with Crippen LogP contribution in [0.4, 0.5) is 0 Å². The number of aryl methyl sites for hydroxylation is 1. The SMILES string of the molecule is C=C/C=C(\C=NC)c1nc2cc(C)ccc2o1. The first-order valence-electron chi connectivity index (χ1n) is 5.37. The number of aliphatic imine (C=N–C) groups is 1. The van der Waals surface area contributed by atoms with Gasteiger partial charge in [-0.05, 0) is 30.7 Å². The van der Waals surface area contributed by atoms with Crippen LogP contribution in [0.15, 0.2) is 46.3 Å². The Kier molecular flexibility index (Phi) is 3.19. The van der Waals surface area contributed by atoms with Crippen LogP contribution in [0.1, 0.15) is 11.5 Å². The maximum absolute atomic E-state index is 5.67. The lowest BCUT2D eigenvalue weighted by Crippen LogP contribution is -1.85. The van der Waals surface area contributed by atoms with E-state index >= 15 is 0 Å². The fraction of sp³-hybridized carbons (Fsp3) is 0.143. The van der Waals surface area contributed by atoms with Gasteiger partial charge in [-0.15, -0.1) is 0 Å². The molecule has 0 aliphatic rings. The number of allylic oxidation sites excluding steroid dienone is 3. The highest BCUT2D eigenvalue weighted by atomic mass is 16.3. The molecule has 0 saturated carbocycles. The smallest absolute Gasteiger partial charge is 0.228 e. The van der Waals surface area contributed by atoms with Crippen molar-refractivity contribution in [2.45, 2.75) is 6.92 Å². The van der Waals surface area contributed by atoms with Crippen molar-refractivity contribution in [3.8, 4) is 0 Å². The van der Waals surface area contributed by atoms with E-state index in [0.29, 0.717) is 5.89 Å². The summed E-state index contributed by atoms with van der Waals surface area (Å²) in [7, 11) is 1.71. The van der Waals surface area contributed by atoms with Crippen molar-refractivity contribution in [3.63, 3.8) is 0 Å². The van der Waals surface area contributed by atoms with E-state index in [1.165, 1.54) is 0 Å². The minimum Gasteiger partial charge on any atom is -0.436 e. The Balaban J connectivity index is 2.55. The Bertz CT molecular complexity index is 606. The number of hydrogen-bond donors (Lipinski definition) is 0. The summed E-state index contributed by atoms with van der Waals surface area (Å²) in [6.45, 7) is 5.70. The van der Waals surface area contributed by atoms with E-state index in [9.17, 15) is 0 Å². The largest absolute Gasteiger partial charge is 0.436 e. The molecule has 1 heterocycles. The van der Waals surface area contributed by atoms with Crippen LogP contribution in [0.5, 0.6) is 0 Å². The van der Waals surface area contributed by atoms with Crippen molar-refractivity contribution >= 4 is 22.9 Å². The molecule has 0 fully saturated rings. The average molecular weight is 226 g/mol. The van der Waals surface area contributed by atoms with Gasteiger partial charge < -0.3 is 4.42 Å². The van der Waals surface area contributed by atoms with E-state index in [2.05, 4.69) is 16.6 Å². The first-order chi connectivity index (χ1) is 8.24. The molecule has 0 bridgehead atoms. The molecule has 0 saturated heterocycles. The summed E-state index contributed by atoms with van der Waals surface area (Å²) in [5.41, 5.74) is 3.62. The summed E-state index contributed by atoms with van der Waals surface area (Å²) < 4.78 is 5.67. The minimum atomic E-state index is 0.566. The minimum absolute atomic E-state index is 0.566. The van der Waals surface area contributed by atoms with E-state index in [1.54, 1.807) is 19.3 Å². The van der Waals surface area contributed by atoms with Gasteiger partial charge in [0.05, 0.1) is 5.57 Å². The first kappa shape index (κ1) is 11.3. The Hall–Kier alpha value is -2.16. The number of fused-ring (bicyclic) bond motifs is 1. The number of nitrogens with zero attached hydrogens (tertiary/aromatic N) is 2. The third-order valence-electron chi connectivity index (χ3n) is 2.36. The fourth-order valence-electron chi connectivity index (χ4n) is 1.60. The lowest BCUT2D eigenvalue weighted by atomic mass is 10.2. The number of benzene rings is 1. The monoisotopic (exact) mass is 226 g/mol. The predicted molar refractivity (Wildman–Crippen MR) is 71.3 cm³/mol. The Labute approximate surface area is 100 Å². The lowest BCUT2D eigenvalue weighted by molar-refractivity contribution is 0.587. The quantitative estimate of drug-likeness (QED) is 0.594. The van der Waals surface area contributed by atoms with Gasteiger partial charge in [0.1, 0.15) is 5.52 Å². The molecule has 0 spiro atoms. The van der Waals surface area contributed by atoms with Gasteiger partial charge in [-0.1, -0.05) is 18.7 Å². The van der Waals surface area contributed by atoms with Crippen LogP contribution in [0.3, 0.4) is 0 Å². The number of rotatable bonds is 3. The Morgan fingerprint density at radius 3 is 3.00 bits per heavy atom. The average Bonchev–Trinajstić information content (AvgIpc) is 2.71. The van der Waals surface area contributed by atoms with Gasteiger partial charge in [0.25, 0.3) is 0 Å². The summed E-state index contributed by atoms with van der Waals surface area (Å²) in [4.78, 5) is 8.41. The van der Waals surface area contributed by atoms with Crippen LogP contribution in [0.25, 0.3) is 16.7 Å². The van der Waals surface area contributed by atoms with Gasteiger partial charge in [-0.2, -0.15) is 0 Å². The number of hydrogen-bond acceptors (Lipinski definition) is 3. The van der Waals surface area contributed by atoms with Crippen LogP contribution in [0, 0.1) is 6.92 Å². The second-order valence-corrected chi connectivity index (χ2v) is 3.74. The normalized spacial score (nSPS) is 12.5. The summed E-state index contributed by atoms with van der Waals surface area (Å²) >= 11 is 0. The summed E-state index contributed by atoms with van der Waals surface area (Å²) in [5.74, 6) is 0.566. The number of oxazole rings is 1.